The van der Waals surface area contributed by atoms with Crippen molar-refractivity contribution in [2.75, 3.05) is 20.1 Å². The highest BCUT2D eigenvalue weighted by atomic mass is 32.2. The van der Waals surface area contributed by atoms with Crippen molar-refractivity contribution in [2.24, 2.45) is 10.9 Å². The Bertz CT molecular complexity index is 428. The molecule has 4 N–H and O–H groups in total. The fourth-order valence-electron chi connectivity index (χ4n) is 1.40. The van der Waals surface area contributed by atoms with Gasteiger partial charge in [0.1, 0.15) is 0 Å². The maximum atomic E-state index is 11.0. The van der Waals surface area contributed by atoms with E-state index in [-0.39, 0.29) is 4.90 Å². The lowest BCUT2D eigenvalue weighted by atomic mass is 10.2. The van der Waals surface area contributed by atoms with Crippen LogP contribution >= 0.6 is 0 Å². The summed E-state index contributed by atoms with van der Waals surface area (Å²) >= 11 is 0. The van der Waals surface area contributed by atoms with Crippen LogP contribution < -0.4 is 10.9 Å². The molecule has 16 heavy (non-hydrogen) atoms. The third-order valence-electron chi connectivity index (χ3n) is 2.22. The van der Waals surface area contributed by atoms with Crippen LogP contribution in [0.1, 0.15) is 5.56 Å². The van der Waals surface area contributed by atoms with E-state index in [2.05, 4.69) is 4.90 Å². The average molecular weight is 243 g/mol. The molecule has 0 amide bonds. The first kappa shape index (κ1) is 13.1. The minimum Gasteiger partial charge on any atom is -0.329 e. The molecule has 0 saturated heterocycles. The van der Waals surface area contributed by atoms with Crippen LogP contribution in [0, 0.1) is 0 Å². The molecule has 0 radical (unpaired) electrons. The molecule has 0 aromatic heterocycles. The molecule has 0 heterocycles. The molecule has 6 heteroatoms. The number of primary sulfonamides is 1. The van der Waals surface area contributed by atoms with Crippen LogP contribution in [0.25, 0.3) is 0 Å². The molecule has 0 aliphatic rings. The number of benzene rings is 1. The van der Waals surface area contributed by atoms with E-state index < -0.39 is 10.0 Å². The minimum atomic E-state index is -3.59. The van der Waals surface area contributed by atoms with Gasteiger partial charge in [0.2, 0.25) is 10.0 Å². The predicted molar refractivity (Wildman–Crippen MR) is 63.2 cm³/mol. The minimum absolute atomic E-state index is 0.137. The fourth-order valence-corrected chi connectivity index (χ4v) is 1.91. The second-order valence-corrected chi connectivity index (χ2v) is 5.28. The monoisotopic (exact) mass is 243 g/mol. The molecular formula is C10H17N3O2S. The van der Waals surface area contributed by atoms with E-state index in [9.17, 15) is 8.42 Å². The topological polar surface area (TPSA) is 89.4 Å². The second-order valence-electron chi connectivity index (χ2n) is 3.72. The van der Waals surface area contributed by atoms with Gasteiger partial charge in [-0.15, -0.1) is 0 Å². The summed E-state index contributed by atoms with van der Waals surface area (Å²) in [6.07, 6.45) is 0. The molecule has 0 saturated carbocycles. The Morgan fingerprint density at radius 3 is 2.25 bits per heavy atom. The number of nitrogens with two attached hydrogens (primary N) is 2. The first-order chi connectivity index (χ1) is 7.43. The fraction of sp³-hybridized carbons (Fsp3) is 0.400. The zero-order chi connectivity index (χ0) is 12.2. The molecule has 0 spiro atoms. The van der Waals surface area contributed by atoms with Crippen molar-refractivity contribution in [1.82, 2.24) is 4.90 Å². The highest BCUT2D eigenvalue weighted by Crippen LogP contribution is 2.09. The molecule has 5 nitrogen and oxygen atoms in total. The van der Waals surface area contributed by atoms with Crippen molar-refractivity contribution >= 4 is 10.0 Å². The van der Waals surface area contributed by atoms with Crippen molar-refractivity contribution in [1.29, 1.82) is 0 Å². The Balaban J connectivity index is 2.72. The molecule has 1 rings (SSSR count). The van der Waals surface area contributed by atoms with Crippen LogP contribution in [0.3, 0.4) is 0 Å². The number of hydrogen-bond donors (Lipinski definition) is 2. The normalized spacial score (nSPS) is 12.0. The highest BCUT2D eigenvalue weighted by Gasteiger charge is 2.07. The van der Waals surface area contributed by atoms with Gasteiger partial charge in [0.25, 0.3) is 0 Å². The van der Waals surface area contributed by atoms with Crippen LogP contribution in [0.4, 0.5) is 0 Å². The molecule has 90 valence electrons. The number of rotatable bonds is 5. The standard InChI is InChI=1S/C10H17N3O2S/c1-13(7-6-11)8-9-2-4-10(5-3-9)16(12,14)15/h2-5H,6-8,11H2,1H3,(H2,12,14,15). The number of likely N-dealkylation sites (N-methyl/N-ethyl adjacent to an activating group) is 1. The summed E-state index contributed by atoms with van der Waals surface area (Å²) in [4.78, 5) is 2.20. The summed E-state index contributed by atoms with van der Waals surface area (Å²) in [7, 11) is -1.63. The Morgan fingerprint density at radius 2 is 1.81 bits per heavy atom. The van der Waals surface area contributed by atoms with Crippen molar-refractivity contribution in [2.45, 2.75) is 11.4 Å². The molecule has 0 aliphatic carbocycles. The van der Waals surface area contributed by atoms with E-state index in [0.29, 0.717) is 6.54 Å². The maximum Gasteiger partial charge on any atom is 0.238 e. The van der Waals surface area contributed by atoms with Crippen molar-refractivity contribution in [3.63, 3.8) is 0 Å². The maximum absolute atomic E-state index is 11.0. The van der Waals surface area contributed by atoms with Crippen molar-refractivity contribution < 1.29 is 8.42 Å². The molecular weight excluding hydrogens is 226 g/mol. The molecule has 1 aromatic rings. The quantitative estimate of drug-likeness (QED) is 0.744. The van der Waals surface area contributed by atoms with E-state index >= 15 is 0 Å². The van der Waals surface area contributed by atoms with Gasteiger partial charge in [0.05, 0.1) is 4.90 Å². The van der Waals surface area contributed by atoms with Crippen LogP contribution in [0.15, 0.2) is 29.2 Å². The molecule has 0 aliphatic heterocycles. The Kier molecular flexibility index (Phi) is 4.43. The second kappa shape index (κ2) is 5.40. The van der Waals surface area contributed by atoms with Crippen molar-refractivity contribution in [3.05, 3.63) is 29.8 Å². The molecule has 0 unspecified atom stereocenters. The summed E-state index contributed by atoms with van der Waals surface area (Å²) in [5.74, 6) is 0. The molecule has 0 fully saturated rings. The Labute approximate surface area is 96.1 Å². The third kappa shape index (κ3) is 3.90. The van der Waals surface area contributed by atoms with E-state index in [4.69, 9.17) is 10.9 Å². The zero-order valence-electron chi connectivity index (χ0n) is 9.26. The summed E-state index contributed by atoms with van der Waals surface area (Å²) in [5, 5.41) is 5.00. The van der Waals surface area contributed by atoms with Gasteiger partial charge >= 0.3 is 0 Å². The van der Waals surface area contributed by atoms with Gasteiger partial charge in [-0.05, 0) is 24.7 Å². The number of nitrogens with zero attached hydrogens (tertiary/aromatic N) is 1. The molecule has 0 atom stereocenters. The molecule has 1 aromatic carbocycles. The third-order valence-corrected chi connectivity index (χ3v) is 3.14. The lowest BCUT2D eigenvalue weighted by molar-refractivity contribution is 0.336. The van der Waals surface area contributed by atoms with Crippen LogP contribution in [0.2, 0.25) is 0 Å². The van der Waals surface area contributed by atoms with Gasteiger partial charge in [-0.25, -0.2) is 13.6 Å². The smallest absolute Gasteiger partial charge is 0.238 e. The first-order valence-corrected chi connectivity index (χ1v) is 6.48. The summed E-state index contributed by atoms with van der Waals surface area (Å²) in [6.45, 7) is 2.14. The summed E-state index contributed by atoms with van der Waals surface area (Å²) in [6, 6.07) is 6.54. The SMILES string of the molecule is CN(CCN)Cc1ccc(S(N)(=O)=O)cc1. The van der Waals surface area contributed by atoms with E-state index in [1.807, 2.05) is 7.05 Å². The lowest BCUT2D eigenvalue weighted by Gasteiger charge is -2.15. The largest absolute Gasteiger partial charge is 0.329 e. The van der Waals surface area contributed by atoms with E-state index in [1.54, 1.807) is 12.1 Å². The van der Waals surface area contributed by atoms with E-state index in [0.717, 1.165) is 18.7 Å². The van der Waals surface area contributed by atoms with Gasteiger partial charge in [-0.3, -0.25) is 0 Å². The first-order valence-electron chi connectivity index (χ1n) is 4.94. The van der Waals surface area contributed by atoms with Crippen molar-refractivity contribution in [3.8, 4) is 0 Å². The summed E-state index contributed by atoms with van der Waals surface area (Å²) in [5.41, 5.74) is 6.46. The van der Waals surface area contributed by atoms with Gasteiger partial charge in [-0.2, -0.15) is 0 Å². The number of sulfonamides is 1. The molecule has 0 bridgehead atoms. The Hall–Kier alpha value is -0.950. The van der Waals surface area contributed by atoms with E-state index in [1.165, 1.54) is 12.1 Å². The van der Waals surface area contributed by atoms with Crippen LogP contribution in [-0.2, 0) is 16.6 Å². The van der Waals surface area contributed by atoms with Crippen LogP contribution in [-0.4, -0.2) is 33.5 Å². The zero-order valence-corrected chi connectivity index (χ0v) is 10.1. The highest BCUT2D eigenvalue weighted by molar-refractivity contribution is 7.89. The van der Waals surface area contributed by atoms with Gasteiger partial charge in [0, 0.05) is 19.6 Å². The number of hydrogen-bond acceptors (Lipinski definition) is 4. The average Bonchev–Trinajstić information content (AvgIpc) is 2.17. The lowest BCUT2D eigenvalue weighted by Crippen LogP contribution is -2.25. The van der Waals surface area contributed by atoms with Crippen LogP contribution in [0.5, 0.6) is 0 Å². The van der Waals surface area contributed by atoms with Gasteiger partial charge in [0.15, 0.2) is 0 Å². The summed E-state index contributed by atoms with van der Waals surface area (Å²) < 4.78 is 22.0. The predicted octanol–water partition coefficient (Wildman–Crippen LogP) is -0.275. The van der Waals surface area contributed by atoms with Gasteiger partial charge in [-0.1, -0.05) is 12.1 Å². The Morgan fingerprint density at radius 1 is 1.25 bits per heavy atom. The van der Waals surface area contributed by atoms with Gasteiger partial charge < -0.3 is 10.6 Å².